The Kier molecular flexibility index (Phi) is 8.27. The molecule has 0 fully saturated rings. The molecule has 0 atom stereocenters. The molecule has 2 N–H and O–H groups in total. The first kappa shape index (κ1) is 25.6. The second kappa shape index (κ2) is 12.0. The van der Waals surface area contributed by atoms with E-state index >= 15 is 0 Å². The lowest BCUT2D eigenvalue weighted by Gasteiger charge is -2.13. The average Bonchev–Trinajstić information content (AvgIpc) is 3.15. The maximum Gasteiger partial charge on any atom is 0.335 e. The van der Waals surface area contributed by atoms with Crippen LogP contribution in [0, 0.1) is 0 Å². The number of aromatic carboxylic acids is 1. The van der Waals surface area contributed by atoms with Crippen molar-refractivity contribution < 1.29 is 33.8 Å². The average molecular weight is 503 g/mol. The second-order valence-electron chi connectivity index (χ2n) is 8.43. The van der Waals surface area contributed by atoms with Crippen LogP contribution in [0.25, 0.3) is 0 Å². The Morgan fingerprint density at radius 2 is 1.57 bits per heavy atom. The molecule has 0 saturated carbocycles. The van der Waals surface area contributed by atoms with E-state index in [4.69, 9.17) is 14.6 Å². The maximum absolute atomic E-state index is 12.4. The van der Waals surface area contributed by atoms with Gasteiger partial charge in [0.2, 0.25) is 0 Å². The predicted octanol–water partition coefficient (Wildman–Crippen LogP) is 4.00. The molecule has 1 heterocycles. The Morgan fingerprint density at radius 1 is 0.865 bits per heavy atom. The van der Waals surface area contributed by atoms with E-state index in [2.05, 4.69) is 5.32 Å². The largest absolute Gasteiger partial charge is 0.484 e. The Morgan fingerprint density at radius 3 is 2.24 bits per heavy atom. The molecule has 0 saturated heterocycles. The van der Waals surface area contributed by atoms with Crippen molar-refractivity contribution in [2.75, 3.05) is 25.1 Å². The number of nitrogens with zero attached hydrogens (tertiary/aromatic N) is 1. The molecule has 0 bridgehead atoms. The smallest absolute Gasteiger partial charge is 0.335 e. The molecule has 0 aliphatic carbocycles. The first-order valence-corrected chi connectivity index (χ1v) is 11.8. The van der Waals surface area contributed by atoms with Gasteiger partial charge in [-0.2, -0.15) is 0 Å². The molecule has 1 aliphatic heterocycles. The van der Waals surface area contributed by atoms with Crippen LogP contribution in [0.1, 0.15) is 49.5 Å². The number of unbranched alkanes of at least 4 members (excludes halogenated alkanes) is 1. The summed E-state index contributed by atoms with van der Waals surface area (Å²) < 4.78 is 11.2. The number of benzene rings is 3. The topological polar surface area (TPSA) is 122 Å². The van der Waals surface area contributed by atoms with E-state index in [9.17, 15) is 19.2 Å². The van der Waals surface area contributed by atoms with Crippen LogP contribution >= 0.6 is 0 Å². The summed E-state index contributed by atoms with van der Waals surface area (Å²) in [5.41, 5.74) is 2.32. The number of amides is 3. The molecule has 3 amide bonds. The molecule has 1 aliphatic rings. The fourth-order valence-electron chi connectivity index (χ4n) is 3.86. The summed E-state index contributed by atoms with van der Waals surface area (Å²) in [6.07, 6.45) is 1.36. The van der Waals surface area contributed by atoms with Gasteiger partial charge in [-0.15, -0.1) is 0 Å². The molecule has 3 aromatic carbocycles. The van der Waals surface area contributed by atoms with Crippen molar-refractivity contribution in [1.82, 2.24) is 4.90 Å². The van der Waals surface area contributed by atoms with Crippen LogP contribution in [0.3, 0.4) is 0 Å². The number of anilines is 1. The summed E-state index contributed by atoms with van der Waals surface area (Å²) in [5.74, 6) is -1.45. The van der Waals surface area contributed by atoms with E-state index < -0.39 is 11.9 Å². The highest BCUT2D eigenvalue weighted by Crippen LogP contribution is 2.22. The highest BCUT2D eigenvalue weighted by Gasteiger charge is 2.34. The van der Waals surface area contributed by atoms with Crippen molar-refractivity contribution in [3.05, 3.63) is 95.1 Å². The summed E-state index contributed by atoms with van der Waals surface area (Å²) >= 11 is 0. The van der Waals surface area contributed by atoms with Crippen molar-refractivity contribution in [3.8, 4) is 5.75 Å². The first-order chi connectivity index (χ1) is 17.9. The van der Waals surface area contributed by atoms with Crippen molar-refractivity contribution in [3.63, 3.8) is 0 Å². The maximum atomic E-state index is 12.4. The minimum absolute atomic E-state index is 0.0827. The number of imide groups is 1. The minimum atomic E-state index is -1.07. The molecule has 0 spiro atoms. The van der Waals surface area contributed by atoms with Crippen molar-refractivity contribution in [2.24, 2.45) is 0 Å². The number of rotatable bonds is 12. The van der Waals surface area contributed by atoms with Gasteiger partial charge in [0.1, 0.15) is 5.75 Å². The minimum Gasteiger partial charge on any atom is -0.484 e. The quantitative estimate of drug-likeness (QED) is 0.284. The lowest BCUT2D eigenvalue weighted by molar-refractivity contribution is -0.118. The Bertz CT molecular complexity index is 1270. The van der Waals surface area contributed by atoms with Crippen LogP contribution < -0.4 is 10.1 Å². The third-order valence-corrected chi connectivity index (χ3v) is 5.75. The number of hydrogen-bond acceptors (Lipinski definition) is 6. The van der Waals surface area contributed by atoms with Crippen molar-refractivity contribution in [1.29, 1.82) is 0 Å². The number of carbonyl (C=O) groups is 4. The number of hydrogen-bond donors (Lipinski definition) is 2. The van der Waals surface area contributed by atoms with E-state index in [0.717, 1.165) is 5.56 Å². The van der Waals surface area contributed by atoms with Gasteiger partial charge in [-0.1, -0.05) is 30.3 Å². The van der Waals surface area contributed by atoms with Crippen molar-refractivity contribution in [2.45, 2.75) is 19.4 Å². The summed E-state index contributed by atoms with van der Waals surface area (Å²) in [7, 11) is 0. The van der Waals surface area contributed by atoms with Gasteiger partial charge in [-0.3, -0.25) is 19.3 Å². The SMILES string of the molecule is O=C(COc1ccc(COCCCCN2C(=O)c3ccccc3C2=O)cc1)Nc1cccc(C(=O)O)c1. The molecule has 9 nitrogen and oxygen atoms in total. The number of carboxylic acids is 1. The van der Waals surface area contributed by atoms with Crippen molar-refractivity contribution >= 4 is 29.4 Å². The monoisotopic (exact) mass is 502 g/mol. The van der Waals surface area contributed by atoms with Gasteiger partial charge in [0.05, 0.1) is 23.3 Å². The molecule has 0 radical (unpaired) electrons. The fraction of sp³-hybridized carbons (Fsp3) is 0.214. The zero-order chi connectivity index (χ0) is 26.2. The number of nitrogens with one attached hydrogen (secondary N) is 1. The molecule has 9 heteroatoms. The summed E-state index contributed by atoms with van der Waals surface area (Å²) in [6.45, 7) is 1.03. The van der Waals surface area contributed by atoms with Gasteiger partial charge in [-0.05, 0) is 60.9 Å². The molecule has 0 unspecified atom stereocenters. The predicted molar refractivity (Wildman–Crippen MR) is 135 cm³/mol. The standard InChI is InChI=1S/C28H26N2O7/c31-25(29-21-7-5-6-20(16-21)28(34)35)18-37-22-12-10-19(11-13-22)17-36-15-4-3-14-30-26(32)23-8-1-2-9-24(23)27(30)33/h1-2,5-13,16H,3-4,14-15,17-18H2,(H,29,31)(H,34,35). The molecule has 190 valence electrons. The summed E-state index contributed by atoms with van der Waals surface area (Å²) in [4.78, 5) is 49.1. The third-order valence-electron chi connectivity index (χ3n) is 5.75. The van der Waals surface area contributed by atoms with E-state index in [1.165, 1.54) is 17.0 Å². The molecule has 3 aromatic rings. The van der Waals surface area contributed by atoms with Gasteiger partial charge in [0.25, 0.3) is 17.7 Å². The molecule has 4 rings (SSSR count). The van der Waals surface area contributed by atoms with Gasteiger partial charge < -0.3 is 19.9 Å². The normalized spacial score (nSPS) is 12.4. The van der Waals surface area contributed by atoms with Gasteiger partial charge in [0, 0.05) is 18.8 Å². The van der Waals surface area contributed by atoms with Crippen LogP contribution in [-0.4, -0.2) is 53.5 Å². The third kappa shape index (κ3) is 6.59. The summed E-state index contributed by atoms with van der Waals surface area (Å²) in [5, 5.41) is 11.6. The Balaban J connectivity index is 1.12. The second-order valence-corrected chi connectivity index (χ2v) is 8.43. The number of ether oxygens (including phenoxy) is 2. The highest BCUT2D eigenvalue weighted by molar-refractivity contribution is 6.21. The number of fused-ring (bicyclic) bond motifs is 1. The van der Waals surface area contributed by atoms with Crippen LogP contribution in [0.4, 0.5) is 5.69 Å². The van der Waals surface area contributed by atoms with Gasteiger partial charge in [0.15, 0.2) is 6.61 Å². The van der Waals surface area contributed by atoms with E-state index in [1.54, 1.807) is 48.5 Å². The lowest BCUT2D eigenvalue weighted by Crippen LogP contribution is -2.30. The molecular weight excluding hydrogens is 476 g/mol. The van der Waals surface area contributed by atoms with E-state index in [0.29, 0.717) is 55.2 Å². The number of carboxylic acid groups (broad SMARTS) is 1. The Labute approximate surface area is 213 Å². The van der Waals surface area contributed by atoms with Crippen LogP contribution in [0.15, 0.2) is 72.8 Å². The molecule has 0 aromatic heterocycles. The first-order valence-electron chi connectivity index (χ1n) is 11.8. The van der Waals surface area contributed by atoms with E-state index in [1.807, 2.05) is 12.1 Å². The van der Waals surface area contributed by atoms with E-state index in [-0.39, 0.29) is 24.0 Å². The van der Waals surface area contributed by atoms with Crippen LogP contribution in [0.2, 0.25) is 0 Å². The highest BCUT2D eigenvalue weighted by atomic mass is 16.5. The zero-order valence-corrected chi connectivity index (χ0v) is 20.0. The van der Waals surface area contributed by atoms with Crippen LogP contribution in [-0.2, 0) is 16.1 Å². The van der Waals surface area contributed by atoms with Crippen LogP contribution in [0.5, 0.6) is 5.75 Å². The number of carbonyl (C=O) groups excluding carboxylic acids is 3. The fourth-order valence-corrected chi connectivity index (χ4v) is 3.86. The summed E-state index contributed by atoms with van der Waals surface area (Å²) in [6, 6.07) is 20.0. The van der Waals surface area contributed by atoms with Gasteiger partial charge >= 0.3 is 5.97 Å². The molecular formula is C28H26N2O7. The van der Waals surface area contributed by atoms with Gasteiger partial charge in [-0.25, -0.2) is 4.79 Å². The Hall–Kier alpha value is -4.50. The zero-order valence-electron chi connectivity index (χ0n) is 20.0. The lowest BCUT2D eigenvalue weighted by atomic mass is 10.1. The molecule has 37 heavy (non-hydrogen) atoms.